The summed E-state index contributed by atoms with van der Waals surface area (Å²) in [4.78, 5) is 22.4. The summed E-state index contributed by atoms with van der Waals surface area (Å²) in [6.07, 6.45) is -5.61. The molecule has 9 nitrogen and oxygen atoms in total. The molecule has 9 heteroatoms. The van der Waals surface area contributed by atoms with Gasteiger partial charge in [-0.25, -0.2) is 4.79 Å². The molecule has 1 saturated carbocycles. The maximum atomic E-state index is 11.8. The molecule has 3 atom stereocenters. The third-order valence-corrected chi connectivity index (χ3v) is 3.09. The summed E-state index contributed by atoms with van der Waals surface area (Å²) in [5.74, 6) is -2.63. The molecule has 110 valence electrons. The van der Waals surface area contributed by atoms with Gasteiger partial charge in [-0.05, 0) is 0 Å². The van der Waals surface area contributed by atoms with Crippen LogP contribution in [0.4, 0.5) is 0 Å². The fourth-order valence-corrected chi connectivity index (χ4v) is 1.94. The Bertz CT molecular complexity index is 347. The minimum Gasteiger partial charge on any atom is -0.480 e. The van der Waals surface area contributed by atoms with Crippen LogP contribution in [0.25, 0.3) is 0 Å². The number of carbonyl (C=O) groups excluding carboxylic acids is 1. The van der Waals surface area contributed by atoms with Crippen molar-refractivity contribution in [2.24, 2.45) is 0 Å². The van der Waals surface area contributed by atoms with Crippen molar-refractivity contribution in [3.05, 3.63) is 0 Å². The third-order valence-electron chi connectivity index (χ3n) is 3.09. The van der Waals surface area contributed by atoms with Crippen LogP contribution in [-0.4, -0.2) is 79.1 Å². The molecule has 0 bridgehead atoms. The average Bonchev–Trinajstić information content (AvgIpc) is 2.32. The first kappa shape index (κ1) is 15.8. The van der Waals surface area contributed by atoms with Gasteiger partial charge in [-0.2, -0.15) is 0 Å². The lowest BCUT2D eigenvalue weighted by atomic mass is 9.79. The number of nitrogens with one attached hydrogen (secondary N) is 1. The number of aliphatic hydroxyl groups excluding tert-OH is 4. The highest BCUT2D eigenvalue weighted by molar-refractivity contribution is 5.89. The van der Waals surface area contributed by atoms with E-state index in [1.54, 1.807) is 0 Å². The van der Waals surface area contributed by atoms with E-state index in [-0.39, 0.29) is 0 Å². The second-order valence-corrected chi connectivity index (χ2v) is 4.61. The van der Waals surface area contributed by atoms with E-state index in [0.717, 1.165) is 0 Å². The number of carbonyl (C=O) groups is 2. The molecule has 1 rings (SSSR count). The van der Waals surface area contributed by atoms with Crippen molar-refractivity contribution in [3.8, 4) is 0 Å². The molecule has 0 spiro atoms. The van der Waals surface area contributed by atoms with Crippen LogP contribution in [0.5, 0.6) is 0 Å². The van der Waals surface area contributed by atoms with E-state index in [4.69, 9.17) is 10.2 Å². The predicted octanol–water partition coefficient (Wildman–Crippen LogP) is -3.84. The molecule has 0 heterocycles. The van der Waals surface area contributed by atoms with E-state index in [1.165, 1.54) is 0 Å². The zero-order valence-electron chi connectivity index (χ0n) is 9.93. The minimum atomic E-state index is -2.21. The Kier molecular flexibility index (Phi) is 4.82. The Morgan fingerprint density at radius 3 is 2.05 bits per heavy atom. The zero-order chi connectivity index (χ0) is 14.8. The van der Waals surface area contributed by atoms with Gasteiger partial charge >= 0.3 is 5.97 Å². The van der Waals surface area contributed by atoms with Crippen LogP contribution < -0.4 is 5.32 Å². The second-order valence-electron chi connectivity index (χ2n) is 4.61. The highest BCUT2D eigenvalue weighted by Gasteiger charge is 2.48. The molecule has 0 saturated heterocycles. The molecule has 1 fully saturated rings. The van der Waals surface area contributed by atoms with Crippen molar-refractivity contribution in [2.75, 3.05) is 6.61 Å². The molecular weight excluding hydrogens is 262 g/mol. The largest absolute Gasteiger partial charge is 0.480 e. The summed E-state index contributed by atoms with van der Waals surface area (Å²) in [5, 5.41) is 57.4. The van der Waals surface area contributed by atoms with Crippen molar-refractivity contribution in [3.63, 3.8) is 0 Å². The van der Waals surface area contributed by atoms with Gasteiger partial charge in [0.25, 0.3) is 5.91 Å². The van der Waals surface area contributed by atoms with Crippen molar-refractivity contribution >= 4 is 11.9 Å². The second kappa shape index (κ2) is 5.80. The van der Waals surface area contributed by atoms with E-state index in [1.807, 2.05) is 5.32 Å². The summed E-state index contributed by atoms with van der Waals surface area (Å²) >= 11 is 0. The molecule has 19 heavy (non-hydrogen) atoms. The van der Waals surface area contributed by atoms with Gasteiger partial charge in [-0.3, -0.25) is 4.79 Å². The quantitative estimate of drug-likeness (QED) is 0.274. The van der Waals surface area contributed by atoms with E-state index in [9.17, 15) is 30.0 Å². The number of hydrogen-bond donors (Lipinski definition) is 7. The van der Waals surface area contributed by atoms with Gasteiger partial charge in [0, 0.05) is 12.8 Å². The van der Waals surface area contributed by atoms with Crippen molar-refractivity contribution < 1.29 is 40.2 Å². The predicted molar refractivity (Wildman–Crippen MR) is 58.9 cm³/mol. The summed E-state index contributed by atoms with van der Waals surface area (Å²) in [7, 11) is 0. The molecule has 0 aromatic carbocycles. The lowest BCUT2D eigenvalue weighted by Crippen LogP contribution is -2.61. The average molecular weight is 279 g/mol. The van der Waals surface area contributed by atoms with Gasteiger partial charge in [0.05, 0.1) is 18.8 Å². The smallest absolute Gasteiger partial charge is 0.328 e. The molecule has 7 N–H and O–H groups in total. The van der Waals surface area contributed by atoms with Crippen LogP contribution in [-0.2, 0) is 9.59 Å². The van der Waals surface area contributed by atoms with Crippen LogP contribution >= 0.6 is 0 Å². The molecule has 0 aromatic heterocycles. The molecule has 1 aliphatic rings. The lowest BCUT2D eigenvalue weighted by molar-refractivity contribution is -0.174. The number of amides is 1. The minimum absolute atomic E-state index is 0.547. The van der Waals surface area contributed by atoms with Gasteiger partial charge < -0.3 is 36.0 Å². The molecule has 1 aliphatic carbocycles. The SMILES string of the molecule is O=C(O)C(CO)NC(=O)C1(O)C[C@@H](O)C(O)[C@H](O)C1. The summed E-state index contributed by atoms with van der Waals surface area (Å²) in [5.41, 5.74) is -2.21. The number of rotatable bonds is 4. The van der Waals surface area contributed by atoms with Crippen LogP contribution in [0.3, 0.4) is 0 Å². The van der Waals surface area contributed by atoms with Crippen LogP contribution in [0, 0.1) is 0 Å². The zero-order valence-corrected chi connectivity index (χ0v) is 9.93. The van der Waals surface area contributed by atoms with Crippen LogP contribution in [0.15, 0.2) is 0 Å². The highest BCUT2D eigenvalue weighted by atomic mass is 16.4. The van der Waals surface area contributed by atoms with Gasteiger partial charge in [0.1, 0.15) is 17.7 Å². The molecule has 0 aliphatic heterocycles. The highest BCUT2D eigenvalue weighted by Crippen LogP contribution is 2.29. The fraction of sp³-hybridized carbons (Fsp3) is 0.800. The van der Waals surface area contributed by atoms with Gasteiger partial charge in [-0.15, -0.1) is 0 Å². The number of aliphatic carboxylic acids is 1. The number of carboxylic acid groups (broad SMARTS) is 1. The first-order valence-electron chi connectivity index (χ1n) is 5.62. The number of carboxylic acids is 1. The van der Waals surface area contributed by atoms with Crippen molar-refractivity contribution in [1.29, 1.82) is 0 Å². The Hall–Kier alpha value is -1.26. The summed E-state index contributed by atoms with van der Waals surface area (Å²) < 4.78 is 0. The van der Waals surface area contributed by atoms with Gasteiger partial charge in [0.2, 0.25) is 0 Å². The third kappa shape index (κ3) is 3.39. The summed E-state index contributed by atoms with van der Waals surface area (Å²) in [6, 6.07) is -1.60. The molecule has 1 amide bonds. The normalized spacial score (nSPS) is 36.6. The molecule has 0 radical (unpaired) electrons. The molecule has 1 unspecified atom stereocenters. The van der Waals surface area contributed by atoms with Crippen molar-refractivity contribution in [2.45, 2.75) is 42.8 Å². The van der Waals surface area contributed by atoms with Crippen molar-refractivity contribution in [1.82, 2.24) is 5.32 Å². The topological polar surface area (TPSA) is 168 Å². The first-order valence-corrected chi connectivity index (χ1v) is 5.62. The molecule has 0 aromatic rings. The van der Waals surface area contributed by atoms with Gasteiger partial charge in [0.15, 0.2) is 0 Å². The Labute approximate surface area is 108 Å². The Morgan fingerprint density at radius 1 is 1.21 bits per heavy atom. The molecular formula is C10H17NO8. The monoisotopic (exact) mass is 279 g/mol. The Balaban J connectivity index is 2.77. The van der Waals surface area contributed by atoms with Crippen LogP contribution in [0.2, 0.25) is 0 Å². The standard InChI is InChI=1S/C10H17NO8/c12-3-4(8(16)17)11-9(18)10(19)1-5(13)7(15)6(14)2-10/h4-7,12-15,19H,1-3H2,(H,11,18)(H,16,17)/t4?,5-,6-,7?,10?/m1/s1. The van der Waals surface area contributed by atoms with Crippen LogP contribution in [0.1, 0.15) is 12.8 Å². The van der Waals surface area contributed by atoms with E-state index < -0.39 is 61.3 Å². The fourth-order valence-electron chi connectivity index (χ4n) is 1.94. The maximum absolute atomic E-state index is 11.8. The van der Waals surface area contributed by atoms with E-state index >= 15 is 0 Å². The maximum Gasteiger partial charge on any atom is 0.328 e. The summed E-state index contributed by atoms with van der Waals surface area (Å²) in [6.45, 7) is -0.870. The number of hydrogen-bond acceptors (Lipinski definition) is 7. The van der Waals surface area contributed by atoms with E-state index in [2.05, 4.69) is 0 Å². The van der Waals surface area contributed by atoms with E-state index in [0.29, 0.717) is 0 Å². The lowest BCUT2D eigenvalue weighted by Gasteiger charge is -2.39. The first-order chi connectivity index (χ1) is 8.71. The van der Waals surface area contributed by atoms with Gasteiger partial charge in [-0.1, -0.05) is 0 Å². The Morgan fingerprint density at radius 2 is 1.68 bits per heavy atom. The number of aliphatic hydroxyl groups is 5.